The average molecular weight is 304 g/mol. The molecule has 0 radical (unpaired) electrons. The Balaban J connectivity index is 2.99. The van der Waals surface area contributed by atoms with Gasteiger partial charge in [0.25, 0.3) is 0 Å². The van der Waals surface area contributed by atoms with Crippen LogP contribution >= 0.6 is 11.6 Å². The van der Waals surface area contributed by atoms with E-state index in [1.807, 2.05) is 31.2 Å². The van der Waals surface area contributed by atoms with Crippen molar-refractivity contribution in [2.24, 2.45) is 0 Å². The minimum Gasteiger partial charge on any atom is -0.312 e. The molecule has 108 valence electrons. The van der Waals surface area contributed by atoms with Gasteiger partial charge in [-0.25, -0.2) is 8.42 Å². The maximum absolute atomic E-state index is 12.0. The van der Waals surface area contributed by atoms with Gasteiger partial charge < -0.3 is 5.32 Å². The maximum Gasteiger partial charge on any atom is 0.154 e. The monoisotopic (exact) mass is 303 g/mol. The number of benzene rings is 1. The van der Waals surface area contributed by atoms with Crippen molar-refractivity contribution in [2.45, 2.75) is 38.0 Å². The lowest BCUT2D eigenvalue weighted by Gasteiger charge is -2.33. The van der Waals surface area contributed by atoms with Crippen LogP contribution < -0.4 is 5.32 Å². The number of likely N-dealkylation sites (N-methyl/N-ethyl adjacent to an activating group) is 1. The molecule has 0 bridgehead atoms. The molecular weight excluding hydrogens is 282 g/mol. The van der Waals surface area contributed by atoms with Crippen LogP contribution in [0.1, 0.15) is 26.3 Å². The van der Waals surface area contributed by atoms with Crippen LogP contribution in [0.5, 0.6) is 0 Å². The van der Waals surface area contributed by atoms with Crippen LogP contribution in [0.25, 0.3) is 0 Å². The highest BCUT2D eigenvalue weighted by Crippen LogP contribution is 2.23. The molecule has 0 aromatic heterocycles. The third-order valence-corrected chi connectivity index (χ3v) is 6.05. The Kier molecular flexibility index (Phi) is 5.42. The first kappa shape index (κ1) is 16.5. The van der Waals surface area contributed by atoms with Crippen molar-refractivity contribution < 1.29 is 8.42 Å². The van der Waals surface area contributed by atoms with Crippen molar-refractivity contribution >= 4 is 21.4 Å². The topological polar surface area (TPSA) is 46.2 Å². The van der Waals surface area contributed by atoms with Crippen LogP contribution in [0.15, 0.2) is 24.3 Å². The smallest absolute Gasteiger partial charge is 0.154 e. The Morgan fingerprint density at radius 1 is 1.26 bits per heavy atom. The van der Waals surface area contributed by atoms with E-state index in [0.29, 0.717) is 11.4 Å². The van der Waals surface area contributed by atoms with E-state index in [-0.39, 0.29) is 6.04 Å². The maximum atomic E-state index is 12.0. The molecule has 0 amide bonds. The van der Waals surface area contributed by atoms with Gasteiger partial charge in [0.1, 0.15) is 0 Å². The van der Waals surface area contributed by atoms with E-state index >= 15 is 0 Å². The zero-order chi connectivity index (χ0) is 14.7. The number of hydrogen-bond donors (Lipinski definition) is 1. The Morgan fingerprint density at radius 3 is 2.21 bits per heavy atom. The van der Waals surface area contributed by atoms with Crippen molar-refractivity contribution in [3.05, 3.63) is 34.9 Å². The minimum absolute atomic E-state index is 0.131. The molecule has 0 saturated carbocycles. The zero-order valence-electron chi connectivity index (χ0n) is 11.9. The Bertz CT molecular complexity index is 509. The standard InChI is InChI=1S/C14H22ClNO2S/c1-5-16-13(14(2,3)19(4,17)18)10-11-6-8-12(15)9-7-11/h6-9,13,16H,5,10H2,1-4H3. The lowest BCUT2D eigenvalue weighted by molar-refractivity contribution is 0.413. The van der Waals surface area contributed by atoms with Gasteiger partial charge >= 0.3 is 0 Å². The van der Waals surface area contributed by atoms with Crippen LogP contribution in [0.3, 0.4) is 0 Å². The first-order valence-corrected chi connectivity index (χ1v) is 8.63. The molecule has 1 N–H and O–H groups in total. The van der Waals surface area contributed by atoms with E-state index < -0.39 is 14.6 Å². The van der Waals surface area contributed by atoms with Crippen LogP contribution in [0.4, 0.5) is 0 Å². The van der Waals surface area contributed by atoms with Crippen molar-refractivity contribution in [3.63, 3.8) is 0 Å². The summed E-state index contributed by atoms with van der Waals surface area (Å²) in [7, 11) is -3.14. The molecule has 0 fully saturated rings. The molecule has 0 aliphatic heterocycles. The fourth-order valence-electron chi connectivity index (χ4n) is 1.92. The Labute approximate surface area is 121 Å². The van der Waals surface area contributed by atoms with E-state index in [1.165, 1.54) is 6.26 Å². The molecule has 3 nitrogen and oxygen atoms in total. The molecule has 1 rings (SSSR count). The number of sulfone groups is 1. The van der Waals surface area contributed by atoms with Crippen LogP contribution in [0, 0.1) is 0 Å². The summed E-state index contributed by atoms with van der Waals surface area (Å²) in [6.45, 7) is 6.25. The first-order valence-electron chi connectivity index (χ1n) is 6.36. The highest BCUT2D eigenvalue weighted by molar-refractivity contribution is 7.92. The van der Waals surface area contributed by atoms with E-state index in [1.54, 1.807) is 13.8 Å². The first-order chi connectivity index (χ1) is 8.68. The summed E-state index contributed by atoms with van der Waals surface area (Å²) in [5.41, 5.74) is 1.08. The predicted molar refractivity (Wildman–Crippen MR) is 81.5 cm³/mol. The van der Waals surface area contributed by atoms with Gasteiger partial charge in [0.2, 0.25) is 0 Å². The highest BCUT2D eigenvalue weighted by Gasteiger charge is 2.38. The van der Waals surface area contributed by atoms with E-state index in [2.05, 4.69) is 5.32 Å². The van der Waals surface area contributed by atoms with Crippen LogP contribution in [-0.2, 0) is 16.3 Å². The molecule has 1 aromatic carbocycles. The minimum atomic E-state index is -3.14. The van der Waals surface area contributed by atoms with Crippen molar-refractivity contribution in [1.82, 2.24) is 5.32 Å². The molecule has 1 aromatic rings. The summed E-state index contributed by atoms with van der Waals surface area (Å²) in [5, 5.41) is 3.97. The molecule has 1 unspecified atom stereocenters. The molecular formula is C14H22ClNO2S. The number of nitrogens with one attached hydrogen (secondary N) is 1. The largest absolute Gasteiger partial charge is 0.312 e. The molecule has 0 saturated heterocycles. The Morgan fingerprint density at radius 2 is 1.79 bits per heavy atom. The van der Waals surface area contributed by atoms with Gasteiger partial charge in [0, 0.05) is 17.3 Å². The third-order valence-electron chi connectivity index (χ3n) is 3.60. The van der Waals surface area contributed by atoms with Gasteiger partial charge in [-0.2, -0.15) is 0 Å². The van der Waals surface area contributed by atoms with Crippen LogP contribution in [-0.4, -0.2) is 32.0 Å². The SMILES string of the molecule is CCNC(Cc1ccc(Cl)cc1)C(C)(C)S(C)(=O)=O. The van der Waals surface area contributed by atoms with Gasteiger partial charge in [-0.3, -0.25) is 0 Å². The van der Waals surface area contributed by atoms with Gasteiger partial charge in [-0.1, -0.05) is 30.7 Å². The molecule has 0 spiro atoms. The highest BCUT2D eigenvalue weighted by atomic mass is 35.5. The lowest BCUT2D eigenvalue weighted by atomic mass is 9.95. The van der Waals surface area contributed by atoms with Gasteiger partial charge in [-0.15, -0.1) is 0 Å². The fraction of sp³-hybridized carbons (Fsp3) is 0.571. The van der Waals surface area contributed by atoms with E-state index in [0.717, 1.165) is 12.1 Å². The molecule has 0 aliphatic carbocycles. The molecule has 0 heterocycles. The summed E-state index contributed by atoms with van der Waals surface area (Å²) in [4.78, 5) is 0. The summed E-state index contributed by atoms with van der Waals surface area (Å²) in [6.07, 6.45) is 1.95. The summed E-state index contributed by atoms with van der Waals surface area (Å²) >= 11 is 5.86. The van der Waals surface area contributed by atoms with Crippen molar-refractivity contribution in [3.8, 4) is 0 Å². The van der Waals surface area contributed by atoms with Crippen molar-refractivity contribution in [2.75, 3.05) is 12.8 Å². The third kappa shape index (κ3) is 4.20. The van der Waals surface area contributed by atoms with Crippen molar-refractivity contribution in [1.29, 1.82) is 0 Å². The summed E-state index contributed by atoms with van der Waals surface area (Å²) in [5.74, 6) is 0. The number of halogens is 1. The lowest BCUT2D eigenvalue weighted by Crippen LogP contribution is -2.52. The summed E-state index contributed by atoms with van der Waals surface area (Å²) < 4.78 is 23.1. The average Bonchev–Trinajstić information content (AvgIpc) is 2.30. The second-order valence-electron chi connectivity index (χ2n) is 5.32. The predicted octanol–water partition coefficient (Wildman–Crippen LogP) is 2.68. The second kappa shape index (κ2) is 6.25. The number of hydrogen-bond acceptors (Lipinski definition) is 3. The fourth-order valence-corrected chi connectivity index (χ4v) is 2.73. The van der Waals surface area contributed by atoms with Gasteiger partial charge in [-0.05, 0) is 44.5 Å². The van der Waals surface area contributed by atoms with Gasteiger partial charge in [0.05, 0.1) is 4.75 Å². The zero-order valence-corrected chi connectivity index (χ0v) is 13.5. The van der Waals surface area contributed by atoms with Gasteiger partial charge in [0.15, 0.2) is 9.84 Å². The van der Waals surface area contributed by atoms with Crippen LogP contribution in [0.2, 0.25) is 5.02 Å². The molecule has 0 aliphatic rings. The second-order valence-corrected chi connectivity index (χ2v) is 8.35. The normalized spacial score (nSPS) is 14.4. The Hall–Kier alpha value is -0.580. The quantitative estimate of drug-likeness (QED) is 0.879. The summed E-state index contributed by atoms with van der Waals surface area (Å²) in [6, 6.07) is 7.39. The number of rotatable bonds is 6. The van der Waals surface area contributed by atoms with E-state index in [9.17, 15) is 8.42 Å². The molecule has 5 heteroatoms. The molecule has 19 heavy (non-hydrogen) atoms. The van der Waals surface area contributed by atoms with E-state index in [4.69, 9.17) is 11.6 Å². The molecule has 1 atom stereocenters.